The first-order chi connectivity index (χ1) is 8.11. The third-order valence-electron chi connectivity index (χ3n) is 3.42. The number of nitrogens with two attached hydrogens (primary N) is 1. The van der Waals surface area contributed by atoms with Crippen molar-refractivity contribution >= 4 is 23.1 Å². The van der Waals surface area contributed by atoms with E-state index in [1.54, 1.807) is 6.07 Å². The molecule has 1 fully saturated rings. The van der Waals surface area contributed by atoms with Crippen molar-refractivity contribution in [1.29, 1.82) is 0 Å². The number of anilines is 2. The Morgan fingerprint density at radius 1 is 1.47 bits per heavy atom. The molecule has 1 aromatic rings. The SMILES string of the molecule is CCC1CN(c2nc(Cl)ccc2N)CCN1C. The van der Waals surface area contributed by atoms with Crippen LogP contribution in [0.15, 0.2) is 12.1 Å². The number of likely N-dealkylation sites (N-methyl/N-ethyl adjacent to an activating group) is 1. The maximum Gasteiger partial charge on any atom is 0.153 e. The molecule has 1 aliphatic rings. The zero-order chi connectivity index (χ0) is 12.4. The van der Waals surface area contributed by atoms with Gasteiger partial charge in [0, 0.05) is 25.7 Å². The second kappa shape index (κ2) is 5.10. The molecule has 2 N–H and O–H groups in total. The lowest BCUT2D eigenvalue weighted by atomic mass is 10.1. The number of piperazine rings is 1. The Kier molecular flexibility index (Phi) is 3.74. The van der Waals surface area contributed by atoms with E-state index in [0.29, 0.717) is 16.9 Å². The third-order valence-corrected chi connectivity index (χ3v) is 3.63. The first kappa shape index (κ1) is 12.5. The second-order valence-corrected chi connectivity index (χ2v) is 4.92. The minimum atomic E-state index is 0.501. The van der Waals surface area contributed by atoms with Gasteiger partial charge in [-0.2, -0.15) is 0 Å². The molecule has 2 heterocycles. The summed E-state index contributed by atoms with van der Waals surface area (Å²) in [6.07, 6.45) is 1.13. The molecule has 0 aromatic carbocycles. The number of nitrogen functional groups attached to an aromatic ring is 1. The lowest BCUT2D eigenvalue weighted by Crippen LogP contribution is -2.51. The van der Waals surface area contributed by atoms with E-state index in [1.807, 2.05) is 6.07 Å². The largest absolute Gasteiger partial charge is 0.396 e. The number of halogens is 1. The highest BCUT2D eigenvalue weighted by Crippen LogP contribution is 2.25. The molecule has 17 heavy (non-hydrogen) atoms. The van der Waals surface area contributed by atoms with Gasteiger partial charge in [-0.25, -0.2) is 4.98 Å². The molecule has 4 nitrogen and oxygen atoms in total. The van der Waals surface area contributed by atoms with E-state index in [2.05, 4.69) is 28.8 Å². The van der Waals surface area contributed by atoms with E-state index in [0.717, 1.165) is 31.9 Å². The van der Waals surface area contributed by atoms with Gasteiger partial charge in [-0.05, 0) is 25.6 Å². The lowest BCUT2D eigenvalue weighted by Gasteiger charge is -2.40. The van der Waals surface area contributed by atoms with Crippen molar-refractivity contribution in [3.05, 3.63) is 17.3 Å². The second-order valence-electron chi connectivity index (χ2n) is 4.54. The summed E-state index contributed by atoms with van der Waals surface area (Å²) >= 11 is 5.93. The molecule has 1 aliphatic heterocycles. The monoisotopic (exact) mass is 254 g/mol. The fourth-order valence-electron chi connectivity index (χ4n) is 2.27. The maximum atomic E-state index is 5.97. The summed E-state index contributed by atoms with van der Waals surface area (Å²) < 4.78 is 0. The molecular formula is C12H19ClN4. The van der Waals surface area contributed by atoms with E-state index in [1.165, 1.54) is 0 Å². The van der Waals surface area contributed by atoms with Crippen LogP contribution >= 0.6 is 11.6 Å². The Morgan fingerprint density at radius 2 is 2.24 bits per heavy atom. The molecule has 0 spiro atoms. The quantitative estimate of drug-likeness (QED) is 0.819. The van der Waals surface area contributed by atoms with Crippen molar-refractivity contribution in [2.45, 2.75) is 19.4 Å². The van der Waals surface area contributed by atoms with Crippen LogP contribution in [0.25, 0.3) is 0 Å². The number of nitrogens with zero attached hydrogens (tertiary/aromatic N) is 3. The molecule has 94 valence electrons. The van der Waals surface area contributed by atoms with E-state index in [-0.39, 0.29) is 0 Å². The molecule has 0 bridgehead atoms. The standard InChI is InChI=1S/C12H19ClN4/c1-3-9-8-17(7-6-16(9)2)12-10(14)4-5-11(13)15-12/h4-5,9H,3,6-8,14H2,1-2H3. The lowest BCUT2D eigenvalue weighted by molar-refractivity contribution is 0.213. The predicted molar refractivity (Wildman–Crippen MR) is 72.6 cm³/mol. The average molecular weight is 255 g/mol. The molecule has 1 unspecified atom stereocenters. The minimum Gasteiger partial charge on any atom is -0.396 e. The first-order valence-electron chi connectivity index (χ1n) is 5.99. The smallest absolute Gasteiger partial charge is 0.153 e. The Morgan fingerprint density at radius 3 is 2.94 bits per heavy atom. The molecular weight excluding hydrogens is 236 g/mol. The highest BCUT2D eigenvalue weighted by atomic mass is 35.5. The van der Waals surface area contributed by atoms with Crippen molar-refractivity contribution in [3.8, 4) is 0 Å². The Balaban J connectivity index is 2.20. The zero-order valence-corrected chi connectivity index (χ0v) is 11.1. The van der Waals surface area contributed by atoms with Gasteiger partial charge in [-0.3, -0.25) is 4.90 Å². The van der Waals surface area contributed by atoms with Gasteiger partial charge in [0.05, 0.1) is 5.69 Å². The summed E-state index contributed by atoms with van der Waals surface area (Å²) in [5.74, 6) is 0.823. The summed E-state index contributed by atoms with van der Waals surface area (Å²) in [5.41, 5.74) is 6.67. The number of rotatable bonds is 2. The molecule has 5 heteroatoms. The fourth-order valence-corrected chi connectivity index (χ4v) is 2.41. The van der Waals surface area contributed by atoms with Gasteiger partial charge in [0.1, 0.15) is 5.15 Å². The van der Waals surface area contributed by atoms with Gasteiger partial charge in [0.2, 0.25) is 0 Å². The Bertz CT molecular complexity index is 396. The van der Waals surface area contributed by atoms with Gasteiger partial charge in [0.25, 0.3) is 0 Å². The number of hydrogen-bond donors (Lipinski definition) is 1. The highest BCUT2D eigenvalue weighted by Gasteiger charge is 2.24. The topological polar surface area (TPSA) is 45.4 Å². The van der Waals surface area contributed by atoms with Crippen LogP contribution in [0.5, 0.6) is 0 Å². The van der Waals surface area contributed by atoms with E-state index >= 15 is 0 Å². The van der Waals surface area contributed by atoms with Gasteiger partial charge in [-0.15, -0.1) is 0 Å². The number of hydrogen-bond acceptors (Lipinski definition) is 4. The van der Waals surface area contributed by atoms with E-state index in [9.17, 15) is 0 Å². The van der Waals surface area contributed by atoms with Crippen LogP contribution in [0.3, 0.4) is 0 Å². The normalized spacial score (nSPS) is 21.8. The summed E-state index contributed by atoms with van der Waals surface area (Å²) in [5, 5.41) is 0.501. The van der Waals surface area contributed by atoms with Crippen molar-refractivity contribution < 1.29 is 0 Å². The van der Waals surface area contributed by atoms with Crippen LogP contribution in [0, 0.1) is 0 Å². The zero-order valence-electron chi connectivity index (χ0n) is 10.4. The molecule has 0 radical (unpaired) electrons. The van der Waals surface area contributed by atoms with Gasteiger partial charge < -0.3 is 10.6 Å². The van der Waals surface area contributed by atoms with Crippen LogP contribution < -0.4 is 10.6 Å². The van der Waals surface area contributed by atoms with Crippen LogP contribution in [0.2, 0.25) is 5.15 Å². The number of pyridine rings is 1. The van der Waals surface area contributed by atoms with Crippen molar-refractivity contribution in [2.75, 3.05) is 37.3 Å². The Labute approximate surface area is 107 Å². The van der Waals surface area contributed by atoms with Crippen molar-refractivity contribution in [1.82, 2.24) is 9.88 Å². The van der Waals surface area contributed by atoms with Crippen molar-refractivity contribution in [3.63, 3.8) is 0 Å². The number of aromatic nitrogens is 1. The van der Waals surface area contributed by atoms with Crippen molar-refractivity contribution in [2.24, 2.45) is 0 Å². The molecule has 1 atom stereocenters. The fraction of sp³-hybridized carbons (Fsp3) is 0.583. The summed E-state index contributed by atoms with van der Waals surface area (Å²) in [6, 6.07) is 4.11. The van der Waals surface area contributed by atoms with E-state index in [4.69, 9.17) is 17.3 Å². The highest BCUT2D eigenvalue weighted by molar-refractivity contribution is 6.29. The van der Waals surface area contributed by atoms with Gasteiger partial charge in [0.15, 0.2) is 5.82 Å². The average Bonchev–Trinajstić information content (AvgIpc) is 2.33. The van der Waals surface area contributed by atoms with Crippen LogP contribution in [0.1, 0.15) is 13.3 Å². The minimum absolute atomic E-state index is 0.501. The molecule has 0 aliphatic carbocycles. The van der Waals surface area contributed by atoms with Gasteiger partial charge >= 0.3 is 0 Å². The van der Waals surface area contributed by atoms with Crippen LogP contribution in [-0.2, 0) is 0 Å². The Hall–Kier alpha value is -1.00. The molecule has 0 amide bonds. The summed E-state index contributed by atoms with van der Waals surface area (Å²) in [6.45, 7) is 5.15. The van der Waals surface area contributed by atoms with Crippen LogP contribution in [0.4, 0.5) is 11.5 Å². The first-order valence-corrected chi connectivity index (χ1v) is 6.36. The molecule has 0 saturated carbocycles. The summed E-state index contributed by atoms with van der Waals surface area (Å²) in [7, 11) is 2.17. The molecule has 2 rings (SSSR count). The maximum absolute atomic E-state index is 5.97. The summed E-state index contributed by atoms with van der Waals surface area (Å²) in [4.78, 5) is 8.96. The van der Waals surface area contributed by atoms with Crippen LogP contribution in [-0.4, -0.2) is 42.6 Å². The van der Waals surface area contributed by atoms with Gasteiger partial charge in [-0.1, -0.05) is 18.5 Å². The predicted octanol–water partition coefficient (Wildman–Crippen LogP) is 1.85. The van der Waals surface area contributed by atoms with E-state index < -0.39 is 0 Å². The molecule has 1 aromatic heterocycles. The third kappa shape index (κ3) is 2.64. The molecule has 1 saturated heterocycles.